The van der Waals surface area contributed by atoms with Gasteiger partial charge in [0.15, 0.2) is 0 Å². The number of benzene rings is 1. The van der Waals surface area contributed by atoms with E-state index in [2.05, 4.69) is 0 Å². The molecule has 9 heteroatoms. The predicted molar refractivity (Wildman–Crippen MR) is 65.7 cm³/mol. The van der Waals surface area contributed by atoms with Crippen LogP contribution in [0.25, 0.3) is 0 Å². The average molecular weight is 302 g/mol. The molecule has 0 spiro atoms. The number of carbonyl (C=O) groups excluding carboxylic acids is 1. The Morgan fingerprint density at radius 1 is 1.48 bits per heavy atom. The summed E-state index contributed by atoms with van der Waals surface area (Å²) in [5, 5.41) is 19.5. The Labute approximate surface area is 117 Å². The van der Waals surface area contributed by atoms with Crippen molar-refractivity contribution in [2.75, 3.05) is 26.3 Å². The highest BCUT2D eigenvalue weighted by Gasteiger charge is 2.28. The second-order valence-electron chi connectivity index (χ2n) is 4.47. The molecule has 1 fully saturated rings. The van der Waals surface area contributed by atoms with Gasteiger partial charge in [-0.25, -0.2) is 4.39 Å². The lowest BCUT2D eigenvalue weighted by Crippen LogP contribution is -2.47. The predicted octanol–water partition coefficient (Wildman–Crippen LogP) is 0.706. The fourth-order valence-electron chi connectivity index (χ4n) is 2.02. The Kier molecular flexibility index (Phi) is 4.43. The summed E-state index contributed by atoms with van der Waals surface area (Å²) < 4.78 is 32.4. The van der Waals surface area contributed by atoms with Crippen LogP contribution >= 0.6 is 0 Å². The van der Waals surface area contributed by atoms with Gasteiger partial charge < -0.3 is 14.7 Å². The Bertz CT molecular complexity index is 581. The van der Waals surface area contributed by atoms with Gasteiger partial charge in [-0.15, -0.1) is 0 Å². The molecule has 1 amide bonds. The average Bonchev–Trinajstić information content (AvgIpc) is 2.48. The second kappa shape index (κ2) is 6.10. The summed E-state index contributed by atoms with van der Waals surface area (Å²) in [6.45, 7) is 0.0513. The summed E-state index contributed by atoms with van der Waals surface area (Å²) in [7, 11) is 0. The molecule has 1 atom stereocenters. The number of nitro groups is 1. The molecule has 1 N–H and O–H groups in total. The third-order valence-corrected chi connectivity index (χ3v) is 3.09. The van der Waals surface area contributed by atoms with Crippen molar-refractivity contribution in [2.45, 2.75) is 6.10 Å². The maximum atomic E-state index is 13.8. The largest absolute Gasteiger partial charge is 0.394 e. The van der Waals surface area contributed by atoms with Crippen molar-refractivity contribution in [1.82, 2.24) is 4.90 Å². The highest BCUT2D eigenvalue weighted by Crippen LogP contribution is 2.23. The Morgan fingerprint density at radius 3 is 2.81 bits per heavy atom. The number of aliphatic hydroxyl groups is 1. The SMILES string of the molecule is O=C(c1cc(F)c([N+](=O)[O-])cc1F)N1CCOC(CO)C1. The van der Waals surface area contributed by atoms with E-state index in [0.29, 0.717) is 12.1 Å². The molecule has 1 aromatic rings. The number of morpholine rings is 1. The van der Waals surface area contributed by atoms with Crippen molar-refractivity contribution in [3.63, 3.8) is 0 Å². The molecule has 1 aromatic carbocycles. The number of hydrogen-bond donors (Lipinski definition) is 1. The van der Waals surface area contributed by atoms with Gasteiger partial charge in [0.2, 0.25) is 5.82 Å². The molecule has 1 aliphatic rings. The van der Waals surface area contributed by atoms with Crippen LogP contribution in [0.4, 0.5) is 14.5 Å². The third-order valence-electron chi connectivity index (χ3n) is 3.09. The third kappa shape index (κ3) is 3.14. The zero-order valence-corrected chi connectivity index (χ0v) is 10.8. The topological polar surface area (TPSA) is 92.9 Å². The van der Waals surface area contributed by atoms with Gasteiger partial charge in [0.05, 0.1) is 35.9 Å². The molecule has 0 saturated carbocycles. The van der Waals surface area contributed by atoms with Crippen LogP contribution in [-0.4, -0.2) is 53.2 Å². The van der Waals surface area contributed by atoms with E-state index >= 15 is 0 Å². The lowest BCUT2D eigenvalue weighted by molar-refractivity contribution is -0.387. The van der Waals surface area contributed by atoms with E-state index in [1.165, 1.54) is 4.90 Å². The number of nitrogens with zero attached hydrogens (tertiary/aromatic N) is 2. The standard InChI is InChI=1S/C12H12F2N2O5/c13-9-4-11(16(19)20)10(14)3-8(9)12(18)15-1-2-21-7(5-15)6-17/h3-4,7,17H,1-2,5-6H2. The molecular formula is C12H12F2N2O5. The second-order valence-corrected chi connectivity index (χ2v) is 4.47. The Morgan fingerprint density at radius 2 is 2.19 bits per heavy atom. The quantitative estimate of drug-likeness (QED) is 0.655. The molecule has 0 aliphatic carbocycles. The number of hydrogen-bond acceptors (Lipinski definition) is 5. The number of carbonyl (C=O) groups is 1. The van der Waals surface area contributed by atoms with Crippen LogP contribution in [0.3, 0.4) is 0 Å². The molecule has 114 valence electrons. The molecule has 1 heterocycles. The molecule has 1 unspecified atom stereocenters. The minimum absolute atomic E-state index is 0.0351. The van der Waals surface area contributed by atoms with Crippen LogP contribution in [0, 0.1) is 21.7 Å². The Hall–Kier alpha value is -2.13. The summed E-state index contributed by atoms with van der Waals surface area (Å²) in [4.78, 5) is 22.8. The first-order valence-corrected chi connectivity index (χ1v) is 6.09. The van der Waals surface area contributed by atoms with Crippen molar-refractivity contribution >= 4 is 11.6 Å². The van der Waals surface area contributed by atoms with Crippen molar-refractivity contribution in [3.05, 3.63) is 39.4 Å². The van der Waals surface area contributed by atoms with Gasteiger partial charge in [-0.05, 0) is 6.07 Å². The van der Waals surface area contributed by atoms with E-state index < -0.39 is 39.8 Å². The van der Waals surface area contributed by atoms with E-state index in [9.17, 15) is 23.7 Å². The van der Waals surface area contributed by atoms with Crippen LogP contribution < -0.4 is 0 Å². The number of rotatable bonds is 3. The lowest BCUT2D eigenvalue weighted by atomic mass is 10.1. The zero-order chi connectivity index (χ0) is 15.6. The molecule has 0 radical (unpaired) electrons. The summed E-state index contributed by atoms with van der Waals surface area (Å²) in [6, 6.07) is 0.895. The van der Waals surface area contributed by atoms with Gasteiger partial charge in [0, 0.05) is 13.1 Å². The van der Waals surface area contributed by atoms with Crippen molar-refractivity contribution in [1.29, 1.82) is 0 Å². The molecule has 7 nitrogen and oxygen atoms in total. The van der Waals surface area contributed by atoms with Gasteiger partial charge in [-0.3, -0.25) is 14.9 Å². The maximum absolute atomic E-state index is 13.8. The first-order valence-electron chi connectivity index (χ1n) is 6.09. The molecule has 21 heavy (non-hydrogen) atoms. The van der Waals surface area contributed by atoms with Gasteiger partial charge in [-0.2, -0.15) is 4.39 Å². The van der Waals surface area contributed by atoms with Gasteiger partial charge in [0.1, 0.15) is 5.82 Å². The molecule has 1 aliphatic heterocycles. The summed E-state index contributed by atoms with van der Waals surface area (Å²) >= 11 is 0. The number of aliphatic hydroxyl groups excluding tert-OH is 1. The number of nitro benzene ring substituents is 1. The molecule has 2 rings (SSSR count). The minimum Gasteiger partial charge on any atom is -0.394 e. The normalized spacial score (nSPS) is 18.6. The molecular weight excluding hydrogens is 290 g/mol. The van der Waals surface area contributed by atoms with E-state index in [0.717, 1.165) is 0 Å². The monoisotopic (exact) mass is 302 g/mol. The van der Waals surface area contributed by atoms with Crippen molar-refractivity contribution in [2.24, 2.45) is 0 Å². The van der Waals surface area contributed by atoms with Crippen molar-refractivity contribution in [3.8, 4) is 0 Å². The lowest BCUT2D eigenvalue weighted by Gasteiger charge is -2.32. The van der Waals surface area contributed by atoms with E-state index in [1.807, 2.05) is 0 Å². The molecule has 1 saturated heterocycles. The van der Waals surface area contributed by atoms with Gasteiger partial charge >= 0.3 is 5.69 Å². The summed E-state index contributed by atoms with van der Waals surface area (Å²) in [5.74, 6) is -3.25. The maximum Gasteiger partial charge on any atom is 0.307 e. The van der Waals surface area contributed by atoms with E-state index in [-0.39, 0.29) is 26.3 Å². The minimum atomic E-state index is -1.28. The summed E-state index contributed by atoms with van der Waals surface area (Å²) in [5.41, 5.74) is -1.61. The highest BCUT2D eigenvalue weighted by molar-refractivity contribution is 5.94. The van der Waals surface area contributed by atoms with Crippen LogP contribution in [0.1, 0.15) is 10.4 Å². The number of halogens is 2. The van der Waals surface area contributed by atoms with E-state index in [1.54, 1.807) is 0 Å². The smallest absolute Gasteiger partial charge is 0.307 e. The fourth-order valence-corrected chi connectivity index (χ4v) is 2.02. The first kappa shape index (κ1) is 15.3. The number of ether oxygens (including phenoxy) is 1. The Balaban J connectivity index is 2.27. The highest BCUT2D eigenvalue weighted by atomic mass is 19.1. The van der Waals surface area contributed by atoms with Crippen LogP contribution in [0.5, 0.6) is 0 Å². The zero-order valence-electron chi connectivity index (χ0n) is 10.8. The van der Waals surface area contributed by atoms with Crippen LogP contribution in [0.2, 0.25) is 0 Å². The van der Waals surface area contributed by atoms with Gasteiger partial charge in [0.25, 0.3) is 5.91 Å². The van der Waals surface area contributed by atoms with Crippen LogP contribution in [0.15, 0.2) is 12.1 Å². The van der Waals surface area contributed by atoms with Crippen LogP contribution in [-0.2, 0) is 4.74 Å². The first-order chi connectivity index (χ1) is 9.93. The van der Waals surface area contributed by atoms with E-state index in [4.69, 9.17) is 9.84 Å². The molecule has 0 bridgehead atoms. The number of amides is 1. The van der Waals surface area contributed by atoms with Gasteiger partial charge in [-0.1, -0.05) is 0 Å². The van der Waals surface area contributed by atoms with Crippen molar-refractivity contribution < 1.29 is 28.3 Å². The summed E-state index contributed by atoms with van der Waals surface area (Å²) in [6.07, 6.45) is -0.589. The molecule has 0 aromatic heterocycles. The fraction of sp³-hybridized carbons (Fsp3) is 0.417.